The van der Waals surface area contributed by atoms with E-state index in [1.807, 2.05) is 18.2 Å². The fourth-order valence-electron chi connectivity index (χ4n) is 1.75. The molecule has 0 radical (unpaired) electrons. The van der Waals surface area contributed by atoms with Crippen LogP contribution in [0.3, 0.4) is 0 Å². The molecule has 1 atom stereocenters. The van der Waals surface area contributed by atoms with Gasteiger partial charge in [-0.25, -0.2) is 0 Å². The van der Waals surface area contributed by atoms with E-state index in [2.05, 4.69) is 19.0 Å². The highest BCUT2D eigenvalue weighted by atomic mass is 35.5. The Morgan fingerprint density at radius 1 is 1.25 bits per heavy atom. The summed E-state index contributed by atoms with van der Waals surface area (Å²) in [5.74, 6) is 0. The van der Waals surface area contributed by atoms with E-state index in [9.17, 15) is 0 Å². The van der Waals surface area contributed by atoms with Gasteiger partial charge in [0.25, 0.3) is 0 Å². The van der Waals surface area contributed by atoms with Gasteiger partial charge < -0.3 is 10.6 Å². The molecule has 16 heavy (non-hydrogen) atoms. The fraction of sp³-hybridized carbons (Fsp3) is 0.500. The first-order valence-electron chi connectivity index (χ1n) is 5.37. The molecule has 1 rings (SSSR count). The molecule has 0 heterocycles. The van der Waals surface area contributed by atoms with Crippen molar-refractivity contribution in [2.24, 2.45) is 5.73 Å². The zero-order chi connectivity index (χ0) is 12.1. The van der Waals surface area contributed by atoms with Gasteiger partial charge in [0.1, 0.15) is 0 Å². The maximum Gasteiger partial charge on any atom is 0.0595 e. The molecule has 0 fully saturated rings. The lowest BCUT2D eigenvalue weighted by Crippen LogP contribution is -2.20. The summed E-state index contributed by atoms with van der Waals surface area (Å²) in [5.41, 5.74) is 6.73. The van der Waals surface area contributed by atoms with E-state index in [0.29, 0.717) is 22.6 Å². The zero-order valence-corrected chi connectivity index (χ0v) is 11.2. The molecule has 0 bridgehead atoms. The lowest BCUT2D eigenvalue weighted by molar-refractivity contribution is 0.280. The van der Waals surface area contributed by atoms with Gasteiger partial charge in [0.2, 0.25) is 0 Å². The number of halogens is 2. The van der Waals surface area contributed by atoms with Crippen molar-refractivity contribution in [2.75, 3.05) is 20.6 Å². The van der Waals surface area contributed by atoms with Gasteiger partial charge in [-0.3, -0.25) is 0 Å². The Bertz CT molecular complexity index is 340. The van der Waals surface area contributed by atoms with Gasteiger partial charge >= 0.3 is 0 Å². The summed E-state index contributed by atoms with van der Waals surface area (Å²) in [6.45, 7) is 0.714. The minimum Gasteiger partial charge on any atom is -0.330 e. The normalized spacial score (nSPS) is 13.1. The predicted octanol–water partition coefficient (Wildman–Crippen LogP) is 3.34. The second-order valence-electron chi connectivity index (χ2n) is 4.08. The number of hydrogen-bond acceptors (Lipinski definition) is 2. The molecular weight excluding hydrogens is 243 g/mol. The van der Waals surface area contributed by atoms with E-state index >= 15 is 0 Å². The first-order valence-corrected chi connectivity index (χ1v) is 6.13. The van der Waals surface area contributed by atoms with Crippen molar-refractivity contribution in [3.05, 3.63) is 33.8 Å². The Morgan fingerprint density at radius 3 is 2.44 bits per heavy atom. The van der Waals surface area contributed by atoms with Gasteiger partial charge in [-0.1, -0.05) is 29.3 Å². The standard InChI is InChI=1S/C12H18Cl2N2/c1-16(2)12(4-3-7-15)9-5-6-10(13)11(14)8-9/h5-6,8,12H,3-4,7,15H2,1-2H3. The fourth-order valence-corrected chi connectivity index (χ4v) is 2.06. The number of hydrogen-bond donors (Lipinski definition) is 1. The summed E-state index contributed by atoms with van der Waals surface area (Å²) in [5, 5.41) is 1.21. The van der Waals surface area contributed by atoms with E-state index in [-0.39, 0.29) is 0 Å². The van der Waals surface area contributed by atoms with Crippen LogP contribution in [0.25, 0.3) is 0 Å². The summed E-state index contributed by atoms with van der Waals surface area (Å²) in [6.07, 6.45) is 2.03. The lowest BCUT2D eigenvalue weighted by Gasteiger charge is -2.25. The molecule has 1 unspecified atom stereocenters. The van der Waals surface area contributed by atoms with Crippen molar-refractivity contribution in [1.29, 1.82) is 0 Å². The number of rotatable bonds is 5. The number of nitrogens with zero attached hydrogens (tertiary/aromatic N) is 1. The summed E-state index contributed by atoms with van der Waals surface area (Å²) < 4.78 is 0. The highest BCUT2D eigenvalue weighted by Gasteiger charge is 2.14. The van der Waals surface area contributed by atoms with E-state index in [4.69, 9.17) is 28.9 Å². The third-order valence-electron chi connectivity index (χ3n) is 2.63. The van der Waals surface area contributed by atoms with Gasteiger partial charge in [-0.2, -0.15) is 0 Å². The Kier molecular flexibility index (Phi) is 5.56. The molecule has 0 aromatic heterocycles. The van der Waals surface area contributed by atoms with Crippen LogP contribution in [0.5, 0.6) is 0 Å². The summed E-state index contributed by atoms with van der Waals surface area (Å²) in [7, 11) is 4.12. The summed E-state index contributed by atoms with van der Waals surface area (Å²) in [6, 6.07) is 6.15. The second kappa shape index (κ2) is 6.45. The Labute approximate surface area is 107 Å². The highest BCUT2D eigenvalue weighted by molar-refractivity contribution is 6.42. The van der Waals surface area contributed by atoms with Gasteiger partial charge in [0.15, 0.2) is 0 Å². The summed E-state index contributed by atoms with van der Waals surface area (Å²) >= 11 is 11.9. The first kappa shape index (κ1) is 13.8. The Hall–Kier alpha value is -0.280. The maximum absolute atomic E-state index is 6.02. The largest absolute Gasteiger partial charge is 0.330 e. The predicted molar refractivity (Wildman–Crippen MR) is 71.2 cm³/mol. The molecule has 0 aliphatic rings. The topological polar surface area (TPSA) is 29.3 Å². The minimum absolute atomic E-state index is 0.346. The van der Waals surface area contributed by atoms with Crippen LogP contribution in [0.1, 0.15) is 24.4 Å². The molecule has 2 nitrogen and oxygen atoms in total. The smallest absolute Gasteiger partial charge is 0.0595 e. The quantitative estimate of drug-likeness (QED) is 0.880. The van der Waals surface area contributed by atoms with Crippen LogP contribution in [0.15, 0.2) is 18.2 Å². The van der Waals surface area contributed by atoms with Crippen LogP contribution in [-0.4, -0.2) is 25.5 Å². The molecule has 90 valence electrons. The van der Waals surface area contributed by atoms with Gasteiger partial charge in [0.05, 0.1) is 10.0 Å². The van der Waals surface area contributed by atoms with Gasteiger partial charge in [-0.15, -0.1) is 0 Å². The molecule has 1 aromatic rings. The second-order valence-corrected chi connectivity index (χ2v) is 4.90. The highest BCUT2D eigenvalue weighted by Crippen LogP contribution is 2.29. The van der Waals surface area contributed by atoms with E-state index < -0.39 is 0 Å². The van der Waals surface area contributed by atoms with E-state index in [0.717, 1.165) is 12.8 Å². The number of nitrogens with two attached hydrogens (primary N) is 1. The molecule has 4 heteroatoms. The van der Waals surface area contributed by atoms with Crippen LogP contribution < -0.4 is 5.73 Å². The van der Waals surface area contributed by atoms with E-state index in [1.54, 1.807) is 0 Å². The zero-order valence-electron chi connectivity index (χ0n) is 9.71. The van der Waals surface area contributed by atoms with Crippen molar-refractivity contribution >= 4 is 23.2 Å². The van der Waals surface area contributed by atoms with Crippen molar-refractivity contribution < 1.29 is 0 Å². The lowest BCUT2D eigenvalue weighted by atomic mass is 10.0. The van der Waals surface area contributed by atoms with Gasteiger partial charge in [0, 0.05) is 6.04 Å². The Balaban J connectivity index is 2.88. The van der Waals surface area contributed by atoms with Crippen molar-refractivity contribution in [2.45, 2.75) is 18.9 Å². The molecule has 0 saturated carbocycles. The number of benzene rings is 1. The van der Waals surface area contributed by atoms with Gasteiger partial charge in [-0.05, 0) is 51.2 Å². The third kappa shape index (κ3) is 3.63. The average molecular weight is 261 g/mol. The maximum atomic E-state index is 6.02. The molecule has 0 saturated heterocycles. The molecule has 0 amide bonds. The van der Waals surface area contributed by atoms with Crippen LogP contribution in [-0.2, 0) is 0 Å². The van der Waals surface area contributed by atoms with Crippen molar-refractivity contribution in [3.63, 3.8) is 0 Å². The van der Waals surface area contributed by atoms with Crippen molar-refractivity contribution in [1.82, 2.24) is 4.90 Å². The van der Waals surface area contributed by atoms with Crippen LogP contribution in [0.4, 0.5) is 0 Å². The first-order chi connectivity index (χ1) is 7.56. The SMILES string of the molecule is CN(C)C(CCCN)c1ccc(Cl)c(Cl)c1. The van der Waals surface area contributed by atoms with Crippen molar-refractivity contribution in [3.8, 4) is 0 Å². The molecule has 0 aliphatic heterocycles. The third-order valence-corrected chi connectivity index (χ3v) is 3.37. The molecule has 0 spiro atoms. The minimum atomic E-state index is 0.346. The molecular formula is C12H18Cl2N2. The van der Waals surface area contributed by atoms with Crippen LogP contribution >= 0.6 is 23.2 Å². The average Bonchev–Trinajstić information content (AvgIpc) is 2.23. The molecule has 1 aromatic carbocycles. The Morgan fingerprint density at radius 2 is 1.94 bits per heavy atom. The summed E-state index contributed by atoms with van der Waals surface area (Å²) in [4.78, 5) is 2.18. The molecule has 2 N–H and O–H groups in total. The van der Waals surface area contributed by atoms with E-state index in [1.165, 1.54) is 5.56 Å². The monoisotopic (exact) mass is 260 g/mol. The molecule has 0 aliphatic carbocycles. The van der Waals surface area contributed by atoms with Crippen LogP contribution in [0.2, 0.25) is 10.0 Å². The van der Waals surface area contributed by atoms with Crippen LogP contribution in [0, 0.1) is 0 Å².